The number of aromatic nitrogens is 2. The van der Waals surface area contributed by atoms with E-state index < -0.39 is 0 Å². The van der Waals surface area contributed by atoms with Gasteiger partial charge in [0.25, 0.3) is 0 Å². The lowest BCUT2D eigenvalue weighted by Crippen LogP contribution is -2.26. The Balaban J connectivity index is 1.66. The number of amides is 1. The Labute approximate surface area is 135 Å². The minimum Gasteiger partial charge on any atom is -0.341 e. The Hall–Kier alpha value is -2.75. The lowest BCUT2D eigenvalue weighted by molar-refractivity contribution is -0.130. The van der Waals surface area contributed by atoms with Gasteiger partial charge in [0, 0.05) is 50.2 Å². The van der Waals surface area contributed by atoms with Crippen molar-refractivity contribution in [3.05, 3.63) is 72.3 Å². The van der Waals surface area contributed by atoms with E-state index >= 15 is 0 Å². The molecule has 4 nitrogen and oxygen atoms in total. The zero-order chi connectivity index (χ0) is 16.1. The van der Waals surface area contributed by atoms with Crippen LogP contribution in [0.25, 0.3) is 10.8 Å². The van der Waals surface area contributed by atoms with E-state index in [9.17, 15) is 4.79 Å². The van der Waals surface area contributed by atoms with Crippen molar-refractivity contribution in [2.24, 2.45) is 0 Å². The van der Waals surface area contributed by atoms with Crippen molar-refractivity contribution in [1.82, 2.24) is 14.9 Å². The first-order chi connectivity index (χ1) is 11.2. The van der Waals surface area contributed by atoms with Crippen molar-refractivity contribution in [2.75, 3.05) is 7.05 Å². The highest BCUT2D eigenvalue weighted by Gasteiger charge is 2.11. The Kier molecular flexibility index (Phi) is 4.62. The average Bonchev–Trinajstić information content (AvgIpc) is 2.61. The Morgan fingerprint density at radius 1 is 1.04 bits per heavy atom. The molecule has 116 valence electrons. The van der Waals surface area contributed by atoms with Gasteiger partial charge in [-0.15, -0.1) is 0 Å². The maximum absolute atomic E-state index is 12.3. The van der Waals surface area contributed by atoms with E-state index in [2.05, 4.69) is 16.0 Å². The maximum Gasteiger partial charge on any atom is 0.222 e. The fraction of sp³-hybridized carbons (Fsp3) is 0.211. The predicted octanol–water partition coefficient (Wildman–Crippen LogP) is 3.22. The number of aryl methyl sites for hydroxylation is 1. The van der Waals surface area contributed by atoms with Gasteiger partial charge in [-0.2, -0.15) is 0 Å². The van der Waals surface area contributed by atoms with E-state index in [1.165, 1.54) is 0 Å². The minimum atomic E-state index is 0.139. The van der Waals surface area contributed by atoms with Crippen molar-refractivity contribution < 1.29 is 4.79 Å². The smallest absolute Gasteiger partial charge is 0.222 e. The first kappa shape index (κ1) is 15.2. The lowest BCUT2D eigenvalue weighted by Gasteiger charge is -2.18. The second-order valence-electron chi connectivity index (χ2n) is 5.63. The Morgan fingerprint density at radius 3 is 2.74 bits per heavy atom. The van der Waals surface area contributed by atoms with Crippen LogP contribution >= 0.6 is 0 Å². The molecule has 0 atom stereocenters. The summed E-state index contributed by atoms with van der Waals surface area (Å²) >= 11 is 0. The molecule has 0 bridgehead atoms. The predicted molar refractivity (Wildman–Crippen MR) is 90.8 cm³/mol. The molecule has 4 heteroatoms. The first-order valence-electron chi connectivity index (χ1n) is 7.68. The molecule has 3 aromatic rings. The van der Waals surface area contributed by atoms with Crippen LogP contribution in [0.4, 0.5) is 0 Å². The number of fused-ring (bicyclic) bond motifs is 1. The Bertz CT molecular complexity index is 797. The van der Waals surface area contributed by atoms with E-state index in [1.807, 2.05) is 49.8 Å². The zero-order valence-corrected chi connectivity index (χ0v) is 13.1. The number of hydrogen-bond donors (Lipinski definition) is 0. The van der Waals surface area contributed by atoms with Crippen LogP contribution in [0.3, 0.4) is 0 Å². The molecule has 0 unspecified atom stereocenters. The second-order valence-corrected chi connectivity index (χ2v) is 5.63. The molecule has 3 rings (SSSR count). The summed E-state index contributed by atoms with van der Waals surface area (Å²) < 4.78 is 0. The molecule has 0 spiro atoms. The zero-order valence-electron chi connectivity index (χ0n) is 13.1. The van der Waals surface area contributed by atoms with Gasteiger partial charge in [-0.25, -0.2) is 0 Å². The fourth-order valence-corrected chi connectivity index (χ4v) is 2.66. The summed E-state index contributed by atoms with van der Waals surface area (Å²) in [5.41, 5.74) is 2.23. The number of carbonyl (C=O) groups is 1. The van der Waals surface area contributed by atoms with E-state index in [0.29, 0.717) is 13.0 Å². The number of hydrogen-bond acceptors (Lipinski definition) is 3. The molecule has 0 aliphatic rings. The third-order valence-corrected chi connectivity index (χ3v) is 3.95. The quantitative estimate of drug-likeness (QED) is 0.727. The highest BCUT2D eigenvalue weighted by atomic mass is 16.2. The molecular weight excluding hydrogens is 286 g/mol. The Morgan fingerprint density at radius 2 is 1.91 bits per heavy atom. The number of carbonyl (C=O) groups excluding carboxylic acids is 1. The van der Waals surface area contributed by atoms with Gasteiger partial charge in [-0.1, -0.05) is 24.3 Å². The van der Waals surface area contributed by atoms with Gasteiger partial charge in [-0.05, 0) is 35.1 Å². The van der Waals surface area contributed by atoms with Crippen molar-refractivity contribution in [3.63, 3.8) is 0 Å². The number of benzene rings is 1. The summed E-state index contributed by atoms with van der Waals surface area (Å²) in [5.74, 6) is 0.139. The lowest BCUT2D eigenvalue weighted by atomic mass is 10.1. The SMILES string of the molecule is CN(Cc1cccc2cnccc12)C(=O)CCc1cccnc1. The fourth-order valence-electron chi connectivity index (χ4n) is 2.66. The van der Waals surface area contributed by atoms with Crippen LogP contribution in [0.5, 0.6) is 0 Å². The van der Waals surface area contributed by atoms with Gasteiger partial charge in [-0.3, -0.25) is 14.8 Å². The first-order valence-corrected chi connectivity index (χ1v) is 7.68. The van der Waals surface area contributed by atoms with Crippen molar-refractivity contribution in [2.45, 2.75) is 19.4 Å². The highest BCUT2D eigenvalue weighted by molar-refractivity contribution is 5.85. The molecule has 2 aromatic heterocycles. The third-order valence-electron chi connectivity index (χ3n) is 3.95. The van der Waals surface area contributed by atoms with Gasteiger partial charge in [0.05, 0.1) is 0 Å². The molecule has 0 N–H and O–H groups in total. The molecule has 0 saturated carbocycles. The highest BCUT2D eigenvalue weighted by Crippen LogP contribution is 2.19. The van der Waals surface area contributed by atoms with Crippen molar-refractivity contribution in [1.29, 1.82) is 0 Å². The third kappa shape index (κ3) is 3.72. The van der Waals surface area contributed by atoms with Crippen LogP contribution in [0.2, 0.25) is 0 Å². The summed E-state index contributed by atoms with van der Waals surface area (Å²) in [5, 5.41) is 2.25. The van der Waals surface area contributed by atoms with Gasteiger partial charge in [0.15, 0.2) is 0 Å². The van der Waals surface area contributed by atoms with Gasteiger partial charge in [0.1, 0.15) is 0 Å². The summed E-state index contributed by atoms with van der Waals surface area (Å²) in [4.78, 5) is 22.4. The van der Waals surface area contributed by atoms with Crippen LogP contribution in [-0.2, 0) is 17.8 Å². The van der Waals surface area contributed by atoms with Gasteiger partial charge < -0.3 is 4.90 Å². The minimum absolute atomic E-state index is 0.139. The van der Waals surface area contributed by atoms with Gasteiger partial charge >= 0.3 is 0 Å². The number of nitrogens with zero attached hydrogens (tertiary/aromatic N) is 3. The maximum atomic E-state index is 12.3. The molecule has 0 aliphatic carbocycles. The standard InChI is InChI=1S/C19H19N3O/c1-22(19(23)8-7-15-4-3-10-20-12-15)14-17-6-2-5-16-13-21-11-9-18(16)17/h2-6,9-13H,7-8,14H2,1H3. The topological polar surface area (TPSA) is 46.1 Å². The van der Waals surface area contributed by atoms with Crippen LogP contribution in [0.1, 0.15) is 17.5 Å². The largest absolute Gasteiger partial charge is 0.341 e. The summed E-state index contributed by atoms with van der Waals surface area (Å²) in [6, 6.07) is 12.0. The van der Waals surface area contributed by atoms with Crippen LogP contribution in [0, 0.1) is 0 Å². The van der Waals surface area contributed by atoms with Crippen LogP contribution in [0.15, 0.2) is 61.2 Å². The van der Waals surface area contributed by atoms with Crippen LogP contribution in [-0.4, -0.2) is 27.8 Å². The second kappa shape index (κ2) is 7.01. The van der Waals surface area contributed by atoms with Gasteiger partial charge in [0.2, 0.25) is 5.91 Å². The molecule has 1 aromatic carbocycles. The molecule has 2 heterocycles. The molecule has 0 radical (unpaired) electrons. The molecule has 1 amide bonds. The van der Waals surface area contributed by atoms with E-state index in [0.717, 1.165) is 28.3 Å². The summed E-state index contributed by atoms with van der Waals surface area (Å²) in [7, 11) is 1.85. The van der Waals surface area contributed by atoms with Crippen LogP contribution < -0.4 is 0 Å². The number of rotatable bonds is 5. The molecule has 23 heavy (non-hydrogen) atoms. The number of pyridine rings is 2. The molecule has 0 aliphatic heterocycles. The van der Waals surface area contributed by atoms with E-state index in [1.54, 1.807) is 17.3 Å². The average molecular weight is 305 g/mol. The normalized spacial score (nSPS) is 10.7. The molecule has 0 saturated heterocycles. The molecule has 0 fully saturated rings. The van der Waals surface area contributed by atoms with Crippen molar-refractivity contribution in [3.8, 4) is 0 Å². The summed E-state index contributed by atoms with van der Waals surface area (Å²) in [6.07, 6.45) is 8.40. The van der Waals surface area contributed by atoms with E-state index in [4.69, 9.17) is 0 Å². The monoisotopic (exact) mass is 305 g/mol. The van der Waals surface area contributed by atoms with E-state index in [-0.39, 0.29) is 5.91 Å². The molecular formula is C19H19N3O. The van der Waals surface area contributed by atoms with Crippen molar-refractivity contribution >= 4 is 16.7 Å². The summed E-state index contributed by atoms with van der Waals surface area (Å²) in [6.45, 7) is 0.604.